The van der Waals surface area contributed by atoms with Gasteiger partial charge in [-0.3, -0.25) is 0 Å². The van der Waals surface area contributed by atoms with Gasteiger partial charge in [-0.15, -0.1) is 0 Å². The third kappa shape index (κ3) is 4.14. The summed E-state index contributed by atoms with van der Waals surface area (Å²) in [5.41, 5.74) is 4.65. The zero-order valence-corrected chi connectivity index (χ0v) is 22.0. The second-order valence-corrected chi connectivity index (χ2v) is 13.5. The molecule has 0 aromatic heterocycles. The molecular formula is C31H40N2OS. The molecule has 2 heterocycles. The molecule has 6 aliphatic rings. The number of hydrogen-bond acceptors (Lipinski definition) is 4. The van der Waals surface area contributed by atoms with E-state index in [-0.39, 0.29) is 0 Å². The average Bonchev–Trinajstić information content (AvgIpc) is 2.87. The van der Waals surface area contributed by atoms with Crippen molar-refractivity contribution in [3.63, 3.8) is 0 Å². The lowest BCUT2D eigenvalue weighted by atomic mass is 9.48. The molecule has 3 nitrogen and oxygen atoms in total. The van der Waals surface area contributed by atoms with E-state index in [9.17, 15) is 0 Å². The molecule has 1 saturated heterocycles. The third-order valence-electron chi connectivity index (χ3n) is 10.2. The number of para-hydroxylation sites is 1. The van der Waals surface area contributed by atoms with E-state index in [1.165, 1.54) is 86.2 Å². The number of likely N-dealkylation sites (tertiary alicyclic amines) is 1. The molecule has 4 bridgehead atoms. The monoisotopic (exact) mass is 488 g/mol. The Labute approximate surface area is 215 Å². The predicted octanol–water partition coefficient (Wildman–Crippen LogP) is 7.12. The van der Waals surface area contributed by atoms with Gasteiger partial charge in [0.2, 0.25) is 0 Å². The molecule has 0 radical (unpaired) electrons. The molecular weight excluding hydrogens is 448 g/mol. The minimum absolute atomic E-state index is 0.438. The summed E-state index contributed by atoms with van der Waals surface area (Å²) in [7, 11) is 2.00. The fraction of sp³-hybridized carbons (Fsp3) is 0.613. The van der Waals surface area contributed by atoms with Crippen LogP contribution in [0, 0.1) is 29.1 Å². The van der Waals surface area contributed by atoms with Crippen LogP contribution in [0.4, 0.5) is 5.69 Å². The van der Waals surface area contributed by atoms with Gasteiger partial charge in [0.05, 0.1) is 11.8 Å². The first-order valence-corrected chi connectivity index (χ1v) is 14.9. The number of fused-ring (bicyclic) bond motifs is 3. The summed E-state index contributed by atoms with van der Waals surface area (Å²) in [6, 6.07) is 17.9. The number of methoxy groups -OCH3 is 1. The fourth-order valence-corrected chi connectivity index (χ4v) is 10.1. The maximum atomic E-state index is 6.31. The minimum Gasteiger partial charge on any atom is -0.380 e. The Balaban J connectivity index is 0.989. The highest BCUT2D eigenvalue weighted by molar-refractivity contribution is 8.01. The van der Waals surface area contributed by atoms with Gasteiger partial charge in [0.15, 0.2) is 0 Å². The van der Waals surface area contributed by atoms with Gasteiger partial charge in [-0.25, -0.2) is 0 Å². The summed E-state index contributed by atoms with van der Waals surface area (Å²) in [5.74, 6) is 3.76. The van der Waals surface area contributed by atoms with Crippen molar-refractivity contribution in [2.45, 2.75) is 62.4 Å². The van der Waals surface area contributed by atoms with Crippen LogP contribution in [0.15, 0.2) is 53.4 Å². The van der Waals surface area contributed by atoms with Crippen molar-refractivity contribution in [3.05, 3.63) is 48.5 Å². The maximum Gasteiger partial charge on any atom is 0.0754 e. The van der Waals surface area contributed by atoms with Crippen LogP contribution < -0.4 is 4.31 Å². The summed E-state index contributed by atoms with van der Waals surface area (Å²) >= 11 is 1.94. The first-order chi connectivity index (χ1) is 17.2. The molecule has 5 fully saturated rings. The minimum atomic E-state index is 0.438. The number of nitrogens with zero attached hydrogens (tertiary/aromatic N) is 2. The highest BCUT2D eigenvalue weighted by Gasteiger charge is 2.54. The largest absolute Gasteiger partial charge is 0.380 e. The first-order valence-electron chi connectivity index (χ1n) is 14.1. The number of rotatable bonds is 6. The molecule has 8 rings (SSSR count). The van der Waals surface area contributed by atoms with E-state index in [1.54, 1.807) is 0 Å². The standard InChI is InChI=1S/C31H40N2OS/c1-34-30(31-17-23-14-24(18-31)16-25(15-23)19-31)21-32-12-10-22(11-13-32)20-33-28-8-4-2-6-26(28)27-7-3-5-9-29(27)35-33/h2-9,22-25,30H,10-21H2,1H3/t23?,24?,25?,30-,31?/m0/s1. The van der Waals surface area contributed by atoms with Crippen LogP contribution in [-0.4, -0.2) is 44.3 Å². The van der Waals surface area contributed by atoms with Gasteiger partial charge in [0.25, 0.3) is 0 Å². The van der Waals surface area contributed by atoms with Crippen molar-refractivity contribution in [3.8, 4) is 11.1 Å². The Morgan fingerprint density at radius 1 is 0.886 bits per heavy atom. The lowest BCUT2D eigenvalue weighted by Crippen LogP contribution is -2.55. The van der Waals surface area contributed by atoms with Crippen molar-refractivity contribution in [1.29, 1.82) is 0 Å². The van der Waals surface area contributed by atoms with Gasteiger partial charge in [-0.1, -0.05) is 36.4 Å². The molecule has 1 atom stereocenters. The van der Waals surface area contributed by atoms with Crippen molar-refractivity contribution >= 4 is 17.6 Å². The normalized spacial score (nSPS) is 32.9. The first kappa shape index (κ1) is 22.7. The lowest BCUT2D eigenvalue weighted by Gasteiger charge is -2.59. The Hall–Kier alpha value is -1.49. The van der Waals surface area contributed by atoms with Crippen molar-refractivity contribution in [1.82, 2.24) is 4.90 Å². The topological polar surface area (TPSA) is 15.7 Å². The van der Waals surface area contributed by atoms with E-state index in [4.69, 9.17) is 4.74 Å². The molecule has 0 unspecified atom stereocenters. The second kappa shape index (κ2) is 9.11. The smallest absolute Gasteiger partial charge is 0.0754 e. The second-order valence-electron chi connectivity index (χ2n) is 12.4. The van der Waals surface area contributed by atoms with Gasteiger partial charge in [0.1, 0.15) is 0 Å². The van der Waals surface area contributed by atoms with Gasteiger partial charge in [-0.05, 0) is 123 Å². The van der Waals surface area contributed by atoms with E-state index >= 15 is 0 Å². The lowest BCUT2D eigenvalue weighted by molar-refractivity contribution is -0.139. The highest BCUT2D eigenvalue weighted by Crippen LogP contribution is 2.61. The Kier molecular flexibility index (Phi) is 5.91. The quantitative estimate of drug-likeness (QED) is 0.402. The van der Waals surface area contributed by atoms with Gasteiger partial charge in [0, 0.05) is 30.7 Å². The summed E-state index contributed by atoms with van der Waals surface area (Å²) in [5, 5.41) is 0. The van der Waals surface area contributed by atoms with Crippen LogP contribution in [0.5, 0.6) is 0 Å². The van der Waals surface area contributed by atoms with Gasteiger partial charge >= 0.3 is 0 Å². The number of ether oxygens (including phenoxy) is 1. The molecule has 35 heavy (non-hydrogen) atoms. The molecule has 2 aliphatic heterocycles. The highest BCUT2D eigenvalue weighted by atomic mass is 32.2. The molecule has 4 aliphatic carbocycles. The molecule has 4 heteroatoms. The van der Waals surface area contributed by atoms with E-state index in [2.05, 4.69) is 57.7 Å². The van der Waals surface area contributed by atoms with E-state index in [1.807, 2.05) is 19.1 Å². The average molecular weight is 489 g/mol. The summed E-state index contributed by atoms with van der Waals surface area (Å²) in [6.45, 7) is 4.76. The van der Waals surface area contributed by atoms with Crippen molar-refractivity contribution in [2.75, 3.05) is 37.6 Å². The predicted molar refractivity (Wildman–Crippen MR) is 146 cm³/mol. The van der Waals surface area contributed by atoms with E-state index < -0.39 is 0 Å². The zero-order valence-electron chi connectivity index (χ0n) is 21.2. The van der Waals surface area contributed by atoms with E-state index in [0.717, 1.165) is 36.8 Å². The molecule has 4 saturated carbocycles. The molecule has 186 valence electrons. The SMILES string of the molecule is CO[C@@H](CN1CCC(CN2Sc3ccccc3-c3ccccc32)CC1)C12CC3CC(CC(C3)C1)C2. The zero-order chi connectivity index (χ0) is 23.4. The van der Waals surface area contributed by atoms with Crippen LogP contribution in [0.3, 0.4) is 0 Å². The van der Waals surface area contributed by atoms with E-state index in [0.29, 0.717) is 11.5 Å². The molecule has 0 amide bonds. The fourth-order valence-electron chi connectivity index (χ4n) is 8.90. The Morgan fingerprint density at radius 3 is 2.20 bits per heavy atom. The summed E-state index contributed by atoms with van der Waals surface area (Å²) < 4.78 is 8.88. The van der Waals surface area contributed by atoms with Gasteiger partial charge in [-0.2, -0.15) is 0 Å². The molecule has 0 spiro atoms. The Bertz CT molecular complexity index is 1030. The van der Waals surface area contributed by atoms with Crippen LogP contribution in [0.2, 0.25) is 0 Å². The van der Waals surface area contributed by atoms with Gasteiger partial charge < -0.3 is 13.9 Å². The molecule has 2 aromatic carbocycles. The van der Waals surface area contributed by atoms with Crippen LogP contribution in [0.1, 0.15) is 51.4 Å². The number of piperidine rings is 1. The Morgan fingerprint density at radius 2 is 1.51 bits per heavy atom. The number of hydrogen-bond donors (Lipinski definition) is 0. The molecule has 2 aromatic rings. The van der Waals surface area contributed by atoms with Crippen molar-refractivity contribution < 1.29 is 4.74 Å². The summed E-state index contributed by atoms with van der Waals surface area (Å²) in [4.78, 5) is 4.14. The van der Waals surface area contributed by atoms with Crippen LogP contribution in [0.25, 0.3) is 11.1 Å². The third-order valence-corrected chi connectivity index (χ3v) is 11.3. The van der Waals surface area contributed by atoms with Crippen LogP contribution in [-0.2, 0) is 4.74 Å². The molecule has 0 N–H and O–H groups in total. The van der Waals surface area contributed by atoms with Crippen molar-refractivity contribution in [2.24, 2.45) is 29.1 Å². The number of benzene rings is 2. The summed E-state index contributed by atoms with van der Waals surface area (Å²) in [6.07, 6.45) is 11.9. The maximum absolute atomic E-state index is 6.31. The number of anilines is 1. The van der Waals surface area contributed by atoms with Crippen LogP contribution >= 0.6 is 11.9 Å².